The molecule has 1 amide bonds. The summed E-state index contributed by atoms with van der Waals surface area (Å²) in [5, 5.41) is 8.87. The summed E-state index contributed by atoms with van der Waals surface area (Å²) in [6, 6.07) is -1.00. The predicted octanol–water partition coefficient (Wildman–Crippen LogP) is -1.05. The Kier molecular flexibility index (Phi) is 3.72. The summed E-state index contributed by atoms with van der Waals surface area (Å²) in [7, 11) is 1.14. The summed E-state index contributed by atoms with van der Waals surface area (Å²) < 4.78 is 4.49. The lowest BCUT2D eigenvalue weighted by atomic mass is 9.88. The quantitative estimate of drug-likeness (QED) is 0.484. The minimum absolute atomic E-state index is 0.168. The third kappa shape index (κ3) is 2.23. The smallest absolute Gasteiger partial charge is 0.335 e. The first-order valence-electron chi connectivity index (χ1n) is 5.25. The molecule has 1 fully saturated rings. The van der Waals surface area contributed by atoms with Crippen molar-refractivity contribution in [2.24, 2.45) is 5.73 Å². The molecule has 7 nitrogen and oxygen atoms in total. The van der Waals surface area contributed by atoms with Crippen molar-refractivity contribution in [1.82, 2.24) is 4.90 Å². The van der Waals surface area contributed by atoms with Gasteiger partial charge in [-0.1, -0.05) is 0 Å². The number of carbonyl (C=O) groups is 3. The van der Waals surface area contributed by atoms with Crippen LogP contribution in [0.2, 0.25) is 0 Å². The number of carboxylic acids is 1. The van der Waals surface area contributed by atoms with Crippen molar-refractivity contribution in [2.45, 2.75) is 31.3 Å². The minimum Gasteiger partial charge on any atom is -0.480 e. The topological polar surface area (TPSA) is 110 Å². The summed E-state index contributed by atoms with van der Waals surface area (Å²) in [4.78, 5) is 35.5. The highest BCUT2D eigenvalue weighted by atomic mass is 16.5. The van der Waals surface area contributed by atoms with Crippen molar-refractivity contribution >= 4 is 17.8 Å². The number of amides is 1. The maximum atomic E-state index is 12.0. The van der Waals surface area contributed by atoms with E-state index >= 15 is 0 Å². The highest BCUT2D eigenvalue weighted by Crippen LogP contribution is 2.23. The van der Waals surface area contributed by atoms with Crippen LogP contribution >= 0.6 is 0 Å². The molecule has 2 unspecified atom stereocenters. The molecule has 1 heterocycles. The number of aliphatic carboxylic acids is 1. The number of likely N-dealkylation sites (tertiary alicyclic amines) is 1. The van der Waals surface area contributed by atoms with E-state index in [1.165, 1.54) is 6.92 Å². The lowest BCUT2D eigenvalue weighted by Gasteiger charge is -2.38. The van der Waals surface area contributed by atoms with E-state index in [0.717, 1.165) is 12.0 Å². The molecule has 0 radical (unpaired) electrons. The molecule has 0 aliphatic carbocycles. The molecular formula is C10H16N2O5. The molecule has 0 spiro atoms. The van der Waals surface area contributed by atoms with Crippen LogP contribution in [0, 0.1) is 0 Å². The van der Waals surface area contributed by atoms with Crippen molar-refractivity contribution in [3.8, 4) is 0 Å². The number of nitrogens with two attached hydrogens (primary N) is 1. The van der Waals surface area contributed by atoms with E-state index in [0.29, 0.717) is 6.42 Å². The largest absolute Gasteiger partial charge is 0.480 e. The number of carbonyl (C=O) groups excluding carboxylic acids is 2. The Morgan fingerprint density at radius 3 is 2.65 bits per heavy atom. The zero-order valence-corrected chi connectivity index (χ0v) is 9.80. The van der Waals surface area contributed by atoms with Gasteiger partial charge < -0.3 is 20.5 Å². The Labute approximate surface area is 98.5 Å². The first-order valence-corrected chi connectivity index (χ1v) is 5.25. The van der Waals surface area contributed by atoms with Crippen LogP contribution in [0.1, 0.15) is 19.8 Å². The van der Waals surface area contributed by atoms with Gasteiger partial charge in [0.05, 0.1) is 7.11 Å². The zero-order valence-electron chi connectivity index (χ0n) is 9.80. The number of esters is 1. The van der Waals surface area contributed by atoms with E-state index < -0.39 is 29.4 Å². The number of methoxy groups -OCH3 is 1. The Balaban J connectivity index is 2.96. The zero-order chi connectivity index (χ0) is 13.2. The monoisotopic (exact) mass is 244 g/mol. The molecule has 0 saturated carbocycles. The molecule has 0 bridgehead atoms. The van der Waals surface area contributed by atoms with Crippen LogP contribution in [0.5, 0.6) is 0 Å². The second kappa shape index (κ2) is 4.70. The number of ether oxygens (including phenoxy) is 1. The lowest BCUT2D eigenvalue weighted by molar-refractivity contribution is -0.163. The lowest BCUT2D eigenvalue weighted by Crippen LogP contribution is -2.66. The van der Waals surface area contributed by atoms with Gasteiger partial charge in [0.2, 0.25) is 0 Å². The molecule has 0 aromatic carbocycles. The second-order valence-electron chi connectivity index (χ2n) is 4.08. The molecule has 0 aromatic heterocycles. The van der Waals surface area contributed by atoms with Gasteiger partial charge in [0.15, 0.2) is 5.54 Å². The molecule has 3 N–H and O–H groups in total. The highest BCUT2D eigenvalue weighted by molar-refractivity contribution is 6.08. The summed E-state index contributed by atoms with van der Waals surface area (Å²) in [6.45, 7) is 1.66. The van der Waals surface area contributed by atoms with Crippen LogP contribution in [-0.4, -0.2) is 53.1 Å². The molecule has 96 valence electrons. The van der Waals surface area contributed by atoms with E-state index in [1.807, 2.05) is 0 Å². The Morgan fingerprint density at radius 2 is 2.18 bits per heavy atom. The van der Waals surface area contributed by atoms with Crippen LogP contribution in [0.15, 0.2) is 0 Å². The SMILES string of the molecule is COC(=O)C1(N)CCCN(C(C)C(=O)O)C1=O. The third-order valence-corrected chi connectivity index (χ3v) is 2.99. The fourth-order valence-electron chi connectivity index (χ4n) is 1.87. The van der Waals surface area contributed by atoms with Crippen LogP contribution in [0.4, 0.5) is 0 Å². The van der Waals surface area contributed by atoms with E-state index in [-0.39, 0.29) is 13.0 Å². The molecule has 1 aliphatic rings. The van der Waals surface area contributed by atoms with E-state index in [2.05, 4.69) is 4.74 Å². The summed E-state index contributed by atoms with van der Waals surface area (Å²) in [5.41, 5.74) is 3.97. The van der Waals surface area contributed by atoms with Gasteiger partial charge >= 0.3 is 11.9 Å². The molecule has 7 heteroatoms. The summed E-state index contributed by atoms with van der Waals surface area (Å²) in [6.07, 6.45) is 0.635. The van der Waals surface area contributed by atoms with Gasteiger partial charge in [-0.3, -0.25) is 4.79 Å². The normalized spacial score (nSPS) is 26.5. The standard InChI is InChI=1S/C10H16N2O5/c1-6(7(13)14)12-5-3-4-10(11,8(12)15)9(16)17-2/h6H,3-5,11H2,1-2H3,(H,13,14). The third-order valence-electron chi connectivity index (χ3n) is 2.99. The molecule has 17 heavy (non-hydrogen) atoms. The summed E-state index contributed by atoms with van der Waals surface area (Å²) >= 11 is 0. The maximum Gasteiger partial charge on any atom is 0.335 e. The van der Waals surface area contributed by atoms with Gasteiger partial charge in [-0.05, 0) is 19.8 Å². The van der Waals surface area contributed by atoms with Gasteiger partial charge in [0.25, 0.3) is 5.91 Å². The van der Waals surface area contributed by atoms with Crippen molar-refractivity contribution in [1.29, 1.82) is 0 Å². The van der Waals surface area contributed by atoms with Gasteiger partial charge in [0, 0.05) is 6.54 Å². The average Bonchev–Trinajstić information content (AvgIpc) is 2.30. The van der Waals surface area contributed by atoms with E-state index in [4.69, 9.17) is 10.8 Å². The number of carboxylic acid groups (broad SMARTS) is 1. The van der Waals surface area contributed by atoms with Crippen molar-refractivity contribution in [3.63, 3.8) is 0 Å². The van der Waals surface area contributed by atoms with Gasteiger partial charge in [-0.25, -0.2) is 9.59 Å². The van der Waals surface area contributed by atoms with Crippen LogP contribution in [0.3, 0.4) is 0 Å². The molecule has 1 aliphatic heterocycles. The number of piperidine rings is 1. The average molecular weight is 244 g/mol. The molecule has 0 aromatic rings. The number of hydrogen-bond acceptors (Lipinski definition) is 5. The van der Waals surface area contributed by atoms with Crippen LogP contribution in [-0.2, 0) is 19.1 Å². The highest BCUT2D eigenvalue weighted by Gasteiger charge is 2.49. The number of nitrogens with zero attached hydrogens (tertiary/aromatic N) is 1. The summed E-state index contributed by atoms with van der Waals surface area (Å²) in [5.74, 6) is -2.65. The maximum absolute atomic E-state index is 12.0. The first-order chi connectivity index (χ1) is 7.84. The molecular weight excluding hydrogens is 228 g/mol. The molecule has 2 atom stereocenters. The Hall–Kier alpha value is -1.63. The minimum atomic E-state index is -1.75. The van der Waals surface area contributed by atoms with Gasteiger partial charge in [0.1, 0.15) is 6.04 Å². The van der Waals surface area contributed by atoms with Gasteiger partial charge in [-0.15, -0.1) is 0 Å². The van der Waals surface area contributed by atoms with E-state index in [9.17, 15) is 14.4 Å². The predicted molar refractivity (Wildman–Crippen MR) is 57.0 cm³/mol. The van der Waals surface area contributed by atoms with Crippen molar-refractivity contribution in [3.05, 3.63) is 0 Å². The first kappa shape index (κ1) is 13.4. The van der Waals surface area contributed by atoms with Crippen LogP contribution in [0.25, 0.3) is 0 Å². The Morgan fingerprint density at radius 1 is 1.59 bits per heavy atom. The number of rotatable bonds is 3. The van der Waals surface area contributed by atoms with Crippen LogP contribution < -0.4 is 5.73 Å². The Bertz CT molecular complexity index is 357. The van der Waals surface area contributed by atoms with Crippen molar-refractivity contribution in [2.75, 3.05) is 13.7 Å². The fraction of sp³-hybridized carbons (Fsp3) is 0.700. The van der Waals surface area contributed by atoms with Gasteiger partial charge in [-0.2, -0.15) is 0 Å². The second-order valence-corrected chi connectivity index (χ2v) is 4.08. The van der Waals surface area contributed by atoms with E-state index in [1.54, 1.807) is 0 Å². The fourth-order valence-corrected chi connectivity index (χ4v) is 1.87. The number of hydrogen-bond donors (Lipinski definition) is 2. The van der Waals surface area contributed by atoms with Crippen molar-refractivity contribution < 1.29 is 24.2 Å². The molecule has 1 saturated heterocycles. The molecule has 1 rings (SSSR count).